The van der Waals surface area contributed by atoms with Gasteiger partial charge in [0.25, 0.3) is 0 Å². The van der Waals surface area contributed by atoms with E-state index in [2.05, 4.69) is 32.5 Å². The number of piperidine rings is 1. The number of aromatic nitrogens is 2. The van der Waals surface area contributed by atoms with E-state index in [1.165, 1.54) is 12.1 Å². The van der Waals surface area contributed by atoms with Crippen molar-refractivity contribution >= 4 is 33.2 Å². The first-order chi connectivity index (χ1) is 16.3. The van der Waals surface area contributed by atoms with Crippen LogP contribution < -0.4 is 10.6 Å². The molecule has 2 N–H and O–H groups in total. The lowest BCUT2D eigenvalue weighted by Gasteiger charge is -2.36. The molecule has 10 heteroatoms. The number of nitrogens with one attached hydrogen (secondary N) is 2. The molecule has 1 aromatic heterocycles. The molecule has 2 heterocycles. The predicted molar refractivity (Wildman–Crippen MR) is 132 cm³/mol. The molecule has 1 aliphatic rings. The van der Waals surface area contributed by atoms with Gasteiger partial charge in [-0.1, -0.05) is 6.92 Å². The molecule has 180 valence electrons. The Hall–Kier alpha value is -3.08. The summed E-state index contributed by atoms with van der Waals surface area (Å²) in [5, 5.41) is 6.19. The first-order valence-corrected chi connectivity index (χ1v) is 12.7. The van der Waals surface area contributed by atoms with Crippen molar-refractivity contribution in [3.63, 3.8) is 0 Å². The number of likely N-dealkylation sites (tertiary alicyclic amines) is 1. The zero-order chi connectivity index (χ0) is 24.1. The summed E-state index contributed by atoms with van der Waals surface area (Å²) in [7, 11) is -1.52. The van der Waals surface area contributed by atoms with Crippen LogP contribution in [-0.2, 0) is 10.0 Å². The van der Waals surface area contributed by atoms with E-state index in [4.69, 9.17) is 0 Å². The third-order valence-corrected chi connectivity index (χ3v) is 7.94. The highest BCUT2D eigenvalue weighted by Crippen LogP contribution is 2.25. The molecule has 0 spiro atoms. The van der Waals surface area contributed by atoms with Crippen LogP contribution in [0.25, 0.3) is 0 Å². The van der Waals surface area contributed by atoms with Crippen molar-refractivity contribution in [1.29, 1.82) is 0 Å². The maximum absolute atomic E-state index is 13.3. The summed E-state index contributed by atoms with van der Waals surface area (Å²) in [5.74, 6) is 0.582. The lowest BCUT2D eigenvalue weighted by molar-refractivity contribution is 0.186. The van der Waals surface area contributed by atoms with E-state index in [1.807, 2.05) is 6.92 Å². The topological polar surface area (TPSA) is 90.5 Å². The summed E-state index contributed by atoms with van der Waals surface area (Å²) in [6, 6.07) is 14.3. The number of benzene rings is 2. The summed E-state index contributed by atoms with van der Waals surface area (Å²) in [6.07, 6.45) is 3.27. The molecular weight excluding hydrogens is 455 g/mol. The zero-order valence-electron chi connectivity index (χ0n) is 19.3. The zero-order valence-corrected chi connectivity index (χ0v) is 20.1. The van der Waals surface area contributed by atoms with E-state index >= 15 is 0 Å². The Kier molecular flexibility index (Phi) is 7.40. The minimum atomic E-state index is -3.58. The molecule has 1 aliphatic heterocycles. The van der Waals surface area contributed by atoms with Gasteiger partial charge in [-0.15, -0.1) is 0 Å². The van der Waals surface area contributed by atoms with Gasteiger partial charge in [0.15, 0.2) is 0 Å². The molecular formula is C24H29FN6O2S. The minimum absolute atomic E-state index is 0.0220. The van der Waals surface area contributed by atoms with Crippen LogP contribution in [0.4, 0.5) is 27.5 Å². The van der Waals surface area contributed by atoms with Crippen molar-refractivity contribution < 1.29 is 12.8 Å². The normalized spacial score (nSPS) is 15.4. The highest BCUT2D eigenvalue weighted by Gasteiger charge is 2.32. The summed E-state index contributed by atoms with van der Waals surface area (Å²) < 4.78 is 41.3. The van der Waals surface area contributed by atoms with Crippen LogP contribution in [0, 0.1) is 5.82 Å². The molecule has 2 aromatic carbocycles. The SMILES string of the molecule is CCN(C1CCN(C)CC1)S(=O)(=O)c1ccc(Nc2nccc(Nc3ccc(F)cc3)n2)cc1. The van der Waals surface area contributed by atoms with Crippen LogP contribution in [0.5, 0.6) is 0 Å². The van der Waals surface area contributed by atoms with Gasteiger partial charge in [-0.2, -0.15) is 9.29 Å². The van der Waals surface area contributed by atoms with Crippen molar-refractivity contribution in [1.82, 2.24) is 19.2 Å². The molecule has 3 aromatic rings. The van der Waals surface area contributed by atoms with Crippen molar-refractivity contribution in [3.05, 3.63) is 66.6 Å². The number of nitrogens with zero attached hydrogens (tertiary/aromatic N) is 4. The van der Waals surface area contributed by atoms with Crippen molar-refractivity contribution in [2.45, 2.75) is 30.7 Å². The van der Waals surface area contributed by atoms with Crippen molar-refractivity contribution in [3.8, 4) is 0 Å². The van der Waals surface area contributed by atoms with Crippen LogP contribution in [0.3, 0.4) is 0 Å². The third-order valence-electron chi connectivity index (χ3n) is 5.90. The molecule has 0 radical (unpaired) electrons. The van der Waals surface area contributed by atoms with Crippen LogP contribution >= 0.6 is 0 Å². The third kappa shape index (κ3) is 5.69. The van der Waals surface area contributed by atoms with Gasteiger partial charge in [0.2, 0.25) is 16.0 Å². The molecule has 0 amide bonds. The number of hydrogen-bond acceptors (Lipinski definition) is 7. The maximum atomic E-state index is 13.3. The van der Waals surface area contributed by atoms with Gasteiger partial charge in [0.1, 0.15) is 11.6 Å². The molecule has 4 rings (SSSR count). The second-order valence-corrected chi connectivity index (χ2v) is 10.2. The average Bonchev–Trinajstić information content (AvgIpc) is 2.83. The molecule has 0 saturated carbocycles. The molecule has 34 heavy (non-hydrogen) atoms. The van der Waals surface area contributed by atoms with Gasteiger partial charge in [0, 0.05) is 30.2 Å². The quantitative estimate of drug-likeness (QED) is 0.495. The minimum Gasteiger partial charge on any atom is -0.340 e. The molecule has 0 aliphatic carbocycles. The van der Waals surface area contributed by atoms with Gasteiger partial charge < -0.3 is 15.5 Å². The Labute approximate surface area is 199 Å². The summed E-state index contributed by atoms with van der Waals surface area (Å²) in [5.41, 5.74) is 1.37. The van der Waals surface area contributed by atoms with Crippen LogP contribution in [0.2, 0.25) is 0 Å². The Morgan fingerprint density at radius 1 is 1.00 bits per heavy atom. The largest absolute Gasteiger partial charge is 0.340 e. The Morgan fingerprint density at radius 3 is 2.26 bits per heavy atom. The molecule has 1 saturated heterocycles. The first kappa shape index (κ1) is 24.1. The number of halogens is 1. The van der Waals surface area contributed by atoms with E-state index < -0.39 is 10.0 Å². The number of anilines is 4. The summed E-state index contributed by atoms with van der Waals surface area (Å²) >= 11 is 0. The van der Waals surface area contributed by atoms with E-state index in [-0.39, 0.29) is 16.8 Å². The van der Waals surface area contributed by atoms with Gasteiger partial charge in [-0.05, 0) is 87.6 Å². The molecule has 1 fully saturated rings. The van der Waals surface area contributed by atoms with Crippen molar-refractivity contribution in [2.24, 2.45) is 0 Å². The molecule has 8 nitrogen and oxygen atoms in total. The van der Waals surface area contributed by atoms with Crippen LogP contribution in [-0.4, -0.2) is 60.3 Å². The fourth-order valence-electron chi connectivity index (χ4n) is 4.05. The smallest absolute Gasteiger partial charge is 0.243 e. The predicted octanol–water partition coefficient (Wildman–Crippen LogP) is 4.21. The van der Waals surface area contributed by atoms with Gasteiger partial charge in [-0.25, -0.2) is 17.8 Å². The summed E-state index contributed by atoms with van der Waals surface area (Å²) in [4.78, 5) is 11.1. The second-order valence-electron chi connectivity index (χ2n) is 8.29. The average molecular weight is 485 g/mol. The maximum Gasteiger partial charge on any atom is 0.243 e. The highest BCUT2D eigenvalue weighted by atomic mass is 32.2. The number of sulfonamides is 1. The van der Waals surface area contributed by atoms with Gasteiger partial charge >= 0.3 is 0 Å². The van der Waals surface area contributed by atoms with Gasteiger partial charge in [-0.3, -0.25) is 0 Å². The fourth-order valence-corrected chi connectivity index (χ4v) is 5.75. The Bertz CT molecular complexity index is 1200. The van der Waals surface area contributed by atoms with E-state index in [9.17, 15) is 12.8 Å². The highest BCUT2D eigenvalue weighted by molar-refractivity contribution is 7.89. The number of hydrogen-bond donors (Lipinski definition) is 2. The monoisotopic (exact) mass is 484 g/mol. The van der Waals surface area contributed by atoms with E-state index in [0.717, 1.165) is 25.9 Å². The van der Waals surface area contributed by atoms with Crippen LogP contribution in [0.15, 0.2) is 65.7 Å². The van der Waals surface area contributed by atoms with Crippen molar-refractivity contribution in [2.75, 3.05) is 37.3 Å². The number of rotatable bonds is 8. The molecule has 0 atom stereocenters. The van der Waals surface area contributed by atoms with E-state index in [1.54, 1.807) is 53.0 Å². The Morgan fingerprint density at radius 2 is 1.62 bits per heavy atom. The summed E-state index contributed by atoms with van der Waals surface area (Å²) in [6.45, 7) is 4.12. The van der Waals surface area contributed by atoms with Gasteiger partial charge in [0.05, 0.1) is 4.90 Å². The first-order valence-electron chi connectivity index (χ1n) is 11.3. The standard InChI is InChI=1S/C24H29FN6O2S/c1-3-31(21-13-16-30(2)17-14-21)34(32,33)22-10-8-20(9-11-22)28-24-26-15-12-23(29-24)27-19-6-4-18(25)5-7-19/h4-12,15,21H,3,13-14,16-17H2,1-2H3,(H2,26,27,28,29). The Balaban J connectivity index is 1.44. The van der Waals surface area contributed by atoms with Crippen LogP contribution in [0.1, 0.15) is 19.8 Å². The lowest BCUT2D eigenvalue weighted by Crippen LogP contribution is -2.46. The second kappa shape index (κ2) is 10.5. The fraction of sp³-hybridized carbons (Fsp3) is 0.333. The molecule has 0 bridgehead atoms. The lowest BCUT2D eigenvalue weighted by atomic mass is 10.1. The van der Waals surface area contributed by atoms with E-state index in [0.29, 0.717) is 29.7 Å². The molecule has 0 unspecified atom stereocenters.